The summed E-state index contributed by atoms with van der Waals surface area (Å²) in [5.74, 6) is -2.04. The van der Waals surface area contributed by atoms with Gasteiger partial charge in [-0.25, -0.2) is 22.9 Å². The van der Waals surface area contributed by atoms with Crippen molar-refractivity contribution in [2.24, 2.45) is 0 Å². The van der Waals surface area contributed by atoms with Crippen LogP contribution in [0.25, 0.3) is 0 Å². The molecular formula is C25H33F6N3O8S2. The molecule has 1 saturated carbocycles. The highest BCUT2D eigenvalue weighted by Gasteiger charge is 2.49. The Bertz CT molecular complexity index is 1400. The van der Waals surface area contributed by atoms with Crippen LogP contribution in [-0.4, -0.2) is 82.0 Å². The van der Waals surface area contributed by atoms with Gasteiger partial charge >= 0.3 is 27.9 Å². The van der Waals surface area contributed by atoms with Crippen LogP contribution in [0.3, 0.4) is 0 Å². The number of halogens is 6. The second-order valence-electron chi connectivity index (χ2n) is 10.7. The minimum atomic E-state index is -6.26. The van der Waals surface area contributed by atoms with E-state index in [0.717, 1.165) is 6.26 Å². The van der Waals surface area contributed by atoms with E-state index in [4.69, 9.17) is 9.47 Å². The van der Waals surface area contributed by atoms with Gasteiger partial charge in [-0.1, -0.05) is 6.08 Å². The number of likely N-dealkylation sites (tertiary alicyclic amines) is 1. The molecule has 19 heteroatoms. The highest BCUT2D eigenvalue weighted by atomic mass is 32.2. The maximum Gasteiger partial charge on any atom is 0.534 e. The standard InChI is InChI=1S/C25H33F6N3O8S2/c1-4-5-10-40-23(35)34-15(2)11-20(33-43(3,36)37)21(34)14-41-18-8-6-16(7-9-18)19-12-17(24(26,27)28)13-22(32-19)42-44(38,39)25(29,30)31/h4,12-13,15-16,18,20-21,33H,1,5-11,14H2,2-3H3/t15-,16?,18?,20+,21+/m1/s1. The topological polar surface area (TPSA) is 141 Å². The molecule has 0 radical (unpaired) electrons. The van der Waals surface area contributed by atoms with E-state index in [0.29, 0.717) is 18.9 Å². The number of rotatable bonds is 11. The maximum atomic E-state index is 13.5. The van der Waals surface area contributed by atoms with Gasteiger partial charge in [0.05, 0.1) is 37.2 Å². The number of amides is 1. The summed E-state index contributed by atoms with van der Waals surface area (Å²) in [5, 5.41) is 0. The monoisotopic (exact) mass is 681 g/mol. The molecule has 44 heavy (non-hydrogen) atoms. The first-order chi connectivity index (χ1) is 20.2. The van der Waals surface area contributed by atoms with Gasteiger partial charge in [0.2, 0.25) is 15.9 Å². The lowest BCUT2D eigenvalue weighted by Crippen LogP contribution is -2.50. The van der Waals surface area contributed by atoms with Crippen LogP contribution in [0.15, 0.2) is 24.8 Å². The molecule has 1 aliphatic carbocycles. The molecule has 3 atom stereocenters. The van der Waals surface area contributed by atoms with Crippen molar-refractivity contribution in [2.75, 3.05) is 19.5 Å². The normalized spacial score (nSPS) is 25.1. The first-order valence-electron chi connectivity index (χ1n) is 13.5. The van der Waals surface area contributed by atoms with Crippen molar-refractivity contribution in [2.45, 2.75) is 87.3 Å². The Morgan fingerprint density at radius 1 is 1.11 bits per heavy atom. The number of ether oxygens (including phenoxy) is 2. The van der Waals surface area contributed by atoms with Gasteiger partial charge in [-0.15, -0.1) is 6.58 Å². The molecule has 3 rings (SSSR count). The first-order valence-corrected chi connectivity index (χ1v) is 16.8. The number of nitrogens with zero attached hydrogens (tertiary/aromatic N) is 2. The van der Waals surface area contributed by atoms with E-state index in [2.05, 4.69) is 20.5 Å². The lowest BCUT2D eigenvalue weighted by Gasteiger charge is -2.33. The van der Waals surface area contributed by atoms with Crippen LogP contribution in [0.1, 0.15) is 62.6 Å². The van der Waals surface area contributed by atoms with Crippen molar-refractivity contribution in [1.82, 2.24) is 14.6 Å². The summed E-state index contributed by atoms with van der Waals surface area (Å²) in [5.41, 5.74) is -7.59. The van der Waals surface area contributed by atoms with E-state index in [1.165, 1.54) is 4.90 Å². The fourth-order valence-corrected chi connectivity index (χ4v) is 6.45. The number of carbonyl (C=O) groups is 1. The van der Waals surface area contributed by atoms with Gasteiger partial charge in [0, 0.05) is 29.8 Å². The Labute approximate surface area is 251 Å². The zero-order valence-corrected chi connectivity index (χ0v) is 25.4. The third-order valence-corrected chi connectivity index (χ3v) is 8.93. The van der Waals surface area contributed by atoms with Crippen LogP contribution in [0.2, 0.25) is 0 Å². The molecule has 2 heterocycles. The molecule has 1 N–H and O–H groups in total. The molecule has 0 aromatic carbocycles. The van der Waals surface area contributed by atoms with Gasteiger partial charge in [-0.3, -0.25) is 4.90 Å². The molecule has 1 aromatic rings. The Kier molecular flexibility index (Phi) is 11.2. The Balaban J connectivity index is 1.72. The molecule has 1 aromatic heterocycles. The van der Waals surface area contributed by atoms with E-state index in [1.54, 1.807) is 13.0 Å². The van der Waals surface area contributed by atoms with Gasteiger partial charge in [0.25, 0.3) is 0 Å². The van der Waals surface area contributed by atoms with Crippen LogP contribution in [0.4, 0.5) is 31.1 Å². The van der Waals surface area contributed by atoms with E-state index in [1.807, 2.05) is 0 Å². The molecule has 1 aliphatic heterocycles. The fourth-order valence-electron chi connectivity index (χ4n) is 5.24. The molecule has 0 spiro atoms. The number of hydrogen-bond acceptors (Lipinski definition) is 9. The predicted molar refractivity (Wildman–Crippen MR) is 143 cm³/mol. The number of sulfonamides is 1. The summed E-state index contributed by atoms with van der Waals surface area (Å²) in [4.78, 5) is 17.9. The molecular weight excluding hydrogens is 648 g/mol. The van der Waals surface area contributed by atoms with Crippen molar-refractivity contribution in [3.8, 4) is 5.88 Å². The van der Waals surface area contributed by atoms with Crippen molar-refractivity contribution >= 4 is 26.2 Å². The minimum Gasteiger partial charge on any atom is -0.449 e. The highest BCUT2D eigenvalue weighted by molar-refractivity contribution is 7.88. The highest BCUT2D eigenvalue weighted by Crippen LogP contribution is 2.39. The number of hydrogen-bond donors (Lipinski definition) is 1. The predicted octanol–water partition coefficient (Wildman–Crippen LogP) is 4.46. The number of nitrogens with one attached hydrogen (secondary N) is 1. The van der Waals surface area contributed by atoms with Crippen LogP contribution in [-0.2, 0) is 35.8 Å². The summed E-state index contributed by atoms with van der Waals surface area (Å²) < 4.78 is 143. The van der Waals surface area contributed by atoms with Crippen LogP contribution in [0.5, 0.6) is 5.88 Å². The van der Waals surface area contributed by atoms with E-state index < -0.39 is 73.5 Å². The number of pyridine rings is 1. The average Bonchev–Trinajstić information content (AvgIpc) is 3.19. The number of carbonyl (C=O) groups excluding carboxylic acids is 1. The van der Waals surface area contributed by atoms with Gasteiger partial charge in [-0.2, -0.15) is 34.8 Å². The Hall–Kier alpha value is -2.64. The van der Waals surface area contributed by atoms with Crippen molar-refractivity contribution in [3.63, 3.8) is 0 Å². The average molecular weight is 682 g/mol. The SMILES string of the molecule is C=CCCOC(=O)N1[C@H](C)C[C@H](NS(C)(=O)=O)[C@@H]1COC1CCC(c2cc(C(F)(F)F)cc(OS(=O)(=O)C(F)(F)F)n2)CC1. The van der Waals surface area contributed by atoms with Crippen molar-refractivity contribution in [1.29, 1.82) is 0 Å². The second-order valence-corrected chi connectivity index (χ2v) is 14.0. The lowest BCUT2D eigenvalue weighted by molar-refractivity contribution is -0.137. The van der Waals surface area contributed by atoms with Gasteiger partial charge in [0.15, 0.2) is 0 Å². The minimum absolute atomic E-state index is 0.0752. The summed E-state index contributed by atoms with van der Waals surface area (Å²) in [6.45, 7) is 5.28. The molecule has 0 unspecified atom stereocenters. The Morgan fingerprint density at radius 2 is 1.75 bits per heavy atom. The summed E-state index contributed by atoms with van der Waals surface area (Å²) in [7, 11) is -9.90. The molecule has 250 valence electrons. The third-order valence-electron chi connectivity index (χ3n) is 7.24. The van der Waals surface area contributed by atoms with E-state index >= 15 is 0 Å². The van der Waals surface area contributed by atoms with Gasteiger partial charge in [-0.05, 0) is 51.5 Å². The molecule has 2 aliphatic rings. The smallest absolute Gasteiger partial charge is 0.449 e. The first kappa shape index (κ1) is 35.8. The molecule has 0 bridgehead atoms. The summed E-state index contributed by atoms with van der Waals surface area (Å²) >= 11 is 0. The summed E-state index contributed by atoms with van der Waals surface area (Å²) in [6.07, 6.45) is -1.96. The number of alkyl halides is 6. The lowest BCUT2D eigenvalue weighted by atomic mass is 9.84. The molecule has 1 saturated heterocycles. The maximum absolute atomic E-state index is 13.5. The molecule has 2 fully saturated rings. The fraction of sp³-hybridized carbons (Fsp3) is 0.680. The number of aromatic nitrogens is 1. The second kappa shape index (κ2) is 13.8. The zero-order valence-electron chi connectivity index (χ0n) is 23.7. The zero-order chi connectivity index (χ0) is 33.1. The van der Waals surface area contributed by atoms with Crippen LogP contribution in [0, 0.1) is 0 Å². The molecule has 11 nitrogen and oxygen atoms in total. The van der Waals surface area contributed by atoms with E-state index in [-0.39, 0.29) is 56.7 Å². The largest absolute Gasteiger partial charge is 0.534 e. The van der Waals surface area contributed by atoms with Gasteiger partial charge < -0.3 is 13.7 Å². The van der Waals surface area contributed by atoms with Crippen molar-refractivity contribution < 1.29 is 61.6 Å². The Morgan fingerprint density at radius 3 is 2.30 bits per heavy atom. The van der Waals surface area contributed by atoms with Gasteiger partial charge in [0.1, 0.15) is 0 Å². The van der Waals surface area contributed by atoms with Crippen LogP contribution >= 0.6 is 0 Å². The molecule has 1 amide bonds. The van der Waals surface area contributed by atoms with Crippen molar-refractivity contribution in [3.05, 3.63) is 36.0 Å². The quantitative estimate of drug-likeness (QED) is 0.118. The summed E-state index contributed by atoms with van der Waals surface area (Å²) in [6, 6.07) is -1.08. The third kappa shape index (κ3) is 9.43. The van der Waals surface area contributed by atoms with E-state index in [9.17, 15) is 48.0 Å². The van der Waals surface area contributed by atoms with Crippen LogP contribution < -0.4 is 8.91 Å².